The van der Waals surface area contributed by atoms with Gasteiger partial charge >= 0.3 is 5.97 Å². The minimum Gasteiger partial charge on any atom is -0.480 e. The predicted octanol–water partition coefficient (Wildman–Crippen LogP) is -0.674. The van der Waals surface area contributed by atoms with Crippen molar-refractivity contribution in [3.8, 4) is 0 Å². The Kier molecular flexibility index (Phi) is 5.98. The molecule has 0 aliphatic heterocycles. The normalized spacial score (nSPS) is 13.2. The average molecular weight is 232 g/mol. The Morgan fingerprint density at radius 3 is 2.31 bits per heavy atom. The molecule has 0 saturated carbocycles. The highest BCUT2D eigenvalue weighted by Gasteiger charge is 2.22. The highest BCUT2D eigenvalue weighted by molar-refractivity contribution is 5.82. The zero-order valence-corrected chi connectivity index (χ0v) is 9.91. The van der Waals surface area contributed by atoms with Gasteiger partial charge in [-0.2, -0.15) is 0 Å². The molecule has 1 atom stereocenters. The van der Waals surface area contributed by atoms with Crippen molar-refractivity contribution in [2.45, 2.75) is 38.8 Å². The molecule has 6 nitrogen and oxygen atoms in total. The van der Waals surface area contributed by atoms with Gasteiger partial charge in [0.2, 0.25) is 5.91 Å². The molecular formula is C10H20N2O4. The van der Waals surface area contributed by atoms with E-state index in [0.717, 1.165) is 0 Å². The summed E-state index contributed by atoms with van der Waals surface area (Å²) in [7, 11) is 0. The smallest absolute Gasteiger partial charge is 0.327 e. The first-order valence-electron chi connectivity index (χ1n) is 5.14. The van der Waals surface area contributed by atoms with E-state index < -0.39 is 12.0 Å². The molecule has 0 rings (SSSR count). The van der Waals surface area contributed by atoms with Crippen LogP contribution in [0.2, 0.25) is 0 Å². The molecule has 0 spiro atoms. The van der Waals surface area contributed by atoms with Gasteiger partial charge in [-0.1, -0.05) is 0 Å². The van der Waals surface area contributed by atoms with Crippen molar-refractivity contribution in [3.05, 3.63) is 0 Å². The van der Waals surface area contributed by atoms with E-state index in [1.54, 1.807) is 0 Å². The lowest BCUT2D eigenvalue weighted by Crippen LogP contribution is -2.51. The molecule has 0 aromatic rings. The van der Waals surface area contributed by atoms with Crippen molar-refractivity contribution in [2.75, 3.05) is 13.2 Å². The van der Waals surface area contributed by atoms with Crippen molar-refractivity contribution in [1.29, 1.82) is 0 Å². The summed E-state index contributed by atoms with van der Waals surface area (Å²) in [6.07, 6.45) is 0.513. The molecule has 1 unspecified atom stereocenters. The summed E-state index contributed by atoms with van der Waals surface area (Å²) in [6.45, 7) is 5.14. The monoisotopic (exact) mass is 232 g/mol. The Balaban J connectivity index is 4.21. The standard InChI is InChI=1S/C10H20N2O4/c1-7(14)12-8(9(15)16)6-11-10(2,3)4-5-13/h8,11,13H,4-6H2,1-3H3,(H,12,14)(H,15,16). The molecule has 0 aromatic heterocycles. The van der Waals surface area contributed by atoms with E-state index in [9.17, 15) is 9.59 Å². The van der Waals surface area contributed by atoms with Gasteiger partial charge in [-0.3, -0.25) is 4.79 Å². The van der Waals surface area contributed by atoms with E-state index in [2.05, 4.69) is 10.6 Å². The maximum Gasteiger partial charge on any atom is 0.327 e. The molecule has 0 aliphatic rings. The highest BCUT2D eigenvalue weighted by atomic mass is 16.4. The Labute approximate surface area is 95.0 Å². The number of carboxylic acid groups (broad SMARTS) is 1. The summed E-state index contributed by atoms with van der Waals surface area (Å²) in [5.41, 5.74) is -0.360. The third-order valence-corrected chi connectivity index (χ3v) is 2.20. The van der Waals surface area contributed by atoms with E-state index in [4.69, 9.17) is 10.2 Å². The molecule has 0 aliphatic carbocycles. The third-order valence-electron chi connectivity index (χ3n) is 2.20. The topological polar surface area (TPSA) is 98.7 Å². The molecule has 0 fully saturated rings. The molecule has 94 valence electrons. The number of aliphatic hydroxyl groups excluding tert-OH is 1. The van der Waals surface area contributed by atoms with Gasteiger partial charge in [-0.15, -0.1) is 0 Å². The van der Waals surface area contributed by atoms with Crippen LogP contribution in [0, 0.1) is 0 Å². The average Bonchev–Trinajstić information content (AvgIpc) is 2.11. The maximum atomic E-state index is 10.8. The summed E-state index contributed by atoms with van der Waals surface area (Å²) in [5.74, 6) is -1.46. The Hall–Kier alpha value is -1.14. The van der Waals surface area contributed by atoms with Gasteiger partial charge in [-0.25, -0.2) is 4.79 Å². The lowest BCUT2D eigenvalue weighted by molar-refractivity contribution is -0.141. The van der Waals surface area contributed by atoms with E-state index in [1.165, 1.54) is 6.92 Å². The number of carbonyl (C=O) groups excluding carboxylic acids is 1. The summed E-state index contributed by atoms with van der Waals surface area (Å²) in [4.78, 5) is 21.6. The van der Waals surface area contributed by atoms with Gasteiger partial charge in [-0.05, 0) is 20.3 Å². The molecule has 0 heterocycles. The van der Waals surface area contributed by atoms with Gasteiger partial charge < -0.3 is 20.8 Å². The zero-order chi connectivity index (χ0) is 12.8. The SMILES string of the molecule is CC(=O)NC(CNC(C)(C)CCO)C(=O)O. The van der Waals surface area contributed by atoms with E-state index >= 15 is 0 Å². The molecule has 1 amide bonds. The van der Waals surface area contributed by atoms with E-state index in [0.29, 0.717) is 6.42 Å². The third kappa shape index (κ3) is 6.36. The van der Waals surface area contributed by atoms with Crippen LogP contribution < -0.4 is 10.6 Å². The minimum atomic E-state index is -1.08. The first-order valence-corrected chi connectivity index (χ1v) is 5.14. The van der Waals surface area contributed by atoms with Crippen molar-refractivity contribution in [1.82, 2.24) is 10.6 Å². The van der Waals surface area contributed by atoms with Crippen LogP contribution in [0.15, 0.2) is 0 Å². The van der Waals surface area contributed by atoms with Crippen LogP contribution in [0.3, 0.4) is 0 Å². The number of aliphatic carboxylic acids is 1. The molecule has 4 N–H and O–H groups in total. The molecule has 6 heteroatoms. The van der Waals surface area contributed by atoms with Crippen molar-refractivity contribution in [3.63, 3.8) is 0 Å². The number of amides is 1. The Bertz CT molecular complexity index is 253. The fraction of sp³-hybridized carbons (Fsp3) is 0.800. The lowest BCUT2D eigenvalue weighted by atomic mass is 10.0. The summed E-state index contributed by atoms with van der Waals surface area (Å²) in [5, 5.41) is 23.0. The van der Waals surface area contributed by atoms with Crippen LogP contribution in [0.4, 0.5) is 0 Å². The van der Waals surface area contributed by atoms with Crippen LogP contribution in [0.1, 0.15) is 27.2 Å². The first kappa shape index (κ1) is 14.9. The summed E-state index contributed by atoms with van der Waals surface area (Å²) < 4.78 is 0. The fourth-order valence-electron chi connectivity index (χ4n) is 1.19. The van der Waals surface area contributed by atoms with Gasteiger partial charge in [0.25, 0.3) is 0 Å². The molecule has 16 heavy (non-hydrogen) atoms. The van der Waals surface area contributed by atoms with Crippen LogP contribution in [-0.4, -0.2) is 46.8 Å². The fourth-order valence-corrected chi connectivity index (χ4v) is 1.19. The van der Waals surface area contributed by atoms with E-state index in [-0.39, 0.29) is 24.6 Å². The van der Waals surface area contributed by atoms with Gasteiger partial charge in [0.1, 0.15) is 6.04 Å². The summed E-state index contributed by atoms with van der Waals surface area (Å²) >= 11 is 0. The zero-order valence-electron chi connectivity index (χ0n) is 9.91. The second-order valence-electron chi connectivity index (χ2n) is 4.33. The van der Waals surface area contributed by atoms with Crippen LogP contribution in [0.25, 0.3) is 0 Å². The minimum absolute atomic E-state index is 0.0257. The second-order valence-corrected chi connectivity index (χ2v) is 4.33. The number of carbonyl (C=O) groups is 2. The number of hydrogen-bond acceptors (Lipinski definition) is 4. The van der Waals surface area contributed by atoms with Crippen molar-refractivity contribution in [2.24, 2.45) is 0 Å². The predicted molar refractivity (Wildman–Crippen MR) is 59.0 cm³/mol. The first-order chi connectivity index (χ1) is 7.28. The molecule has 0 aromatic carbocycles. The number of nitrogens with one attached hydrogen (secondary N) is 2. The highest BCUT2D eigenvalue weighted by Crippen LogP contribution is 2.06. The maximum absolute atomic E-state index is 10.8. The number of aliphatic hydroxyl groups is 1. The molecule has 0 radical (unpaired) electrons. The number of hydrogen-bond donors (Lipinski definition) is 4. The second kappa shape index (κ2) is 6.44. The summed E-state index contributed by atoms with van der Waals surface area (Å²) in [6, 6.07) is -0.949. The lowest BCUT2D eigenvalue weighted by Gasteiger charge is -2.27. The van der Waals surface area contributed by atoms with Crippen LogP contribution in [-0.2, 0) is 9.59 Å². The quantitative estimate of drug-likeness (QED) is 0.466. The molecular weight excluding hydrogens is 212 g/mol. The van der Waals surface area contributed by atoms with Gasteiger partial charge in [0.05, 0.1) is 0 Å². The van der Waals surface area contributed by atoms with Crippen molar-refractivity contribution < 1.29 is 19.8 Å². The number of rotatable bonds is 7. The Morgan fingerprint density at radius 1 is 1.38 bits per heavy atom. The van der Waals surface area contributed by atoms with Crippen LogP contribution in [0.5, 0.6) is 0 Å². The van der Waals surface area contributed by atoms with Gasteiger partial charge in [0.15, 0.2) is 0 Å². The number of carboxylic acids is 1. The largest absolute Gasteiger partial charge is 0.480 e. The van der Waals surface area contributed by atoms with Crippen LogP contribution >= 0.6 is 0 Å². The van der Waals surface area contributed by atoms with Gasteiger partial charge in [0, 0.05) is 25.6 Å². The van der Waals surface area contributed by atoms with E-state index in [1.807, 2.05) is 13.8 Å². The molecule has 0 saturated heterocycles. The Morgan fingerprint density at radius 2 is 1.94 bits per heavy atom. The molecule has 0 bridgehead atoms. The van der Waals surface area contributed by atoms with Crippen molar-refractivity contribution >= 4 is 11.9 Å².